The van der Waals surface area contributed by atoms with Gasteiger partial charge in [-0.1, -0.05) is 92.2 Å². The van der Waals surface area contributed by atoms with Gasteiger partial charge in [0, 0.05) is 12.7 Å². The molecule has 0 saturated carbocycles. The number of methoxy groups -OCH3 is 1. The van der Waals surface area contributed by atoms with Crippen molar-refractivity contribution in [1.29, 1.82) is 0 Å². The molecule has 0 aliphatic heterocycles. The number of hydrogen-bond donors (Lipinski definition) is 0. The molecule has 0 saturated heterocycles. The first-order valence-electron chi connectivity index (χ1n) is 10.5. The van der Waals surface area contributed by atoms with Gasteiger partial charge in [0.1, 0.15) is 5.60 Å². The Hall–Kier alpha value is -2.90. The highest BCUT2D eigenvalue weighted by Gasteiger charge is 2.45. The predicted octanol–water partition coefficient (Wildman–Crippen LogP) is 7.49. The first-order chi connectivity index (χ1) is 14.2. The average molecular weight is 379 g/mol. The molecule has 1 unspecified atom stereocenters. The number of fused-ring (bicyclic) bond motifs is 5. The number of aryl methyl sites for hydroxylation is 1. The highest BCUT2D eigenvalue weighted by molar-refractivity contribution is 6.06. The largest absolute Gasteiger partial charge is 0.369 e. The molecule has 0 spiro atoms. The first-order valence-corrected chi connectivity index (χ1v) is 10.5. The van der Waals surface area contributed by atoms with Gasteiger partial charge in [-0.2, -0.15) is 0 Å². The normalized spacial score (nSPS) is 17.3. The Morgan fingerprint density at radius 2 is 1.41 bits per heavy atom. The fraction of sp³-hybridized carbons (Fsp3) is 0.214. The number of benzene rings is 4. The summed E-state index contributed by atoms with van der Waals surface area (Å²) in [5.41, 5.74) is 8.83. The van der Waals surface area contributed by atoms with Crippen LogP contribution >= 0.6 is 0 Å². The van der Waals surface area contributed by atoms with Crippen LogP contribution < -0.4 is 0 Å². The minimum Gasteiger partial charge on any atom is -0.369 e. The molecule has 29 heavy (non-hydrogen) atoms. The molecule has 1 aliphatic rings. The Balaban J connectivity index is 2.03. The summed E-state index contributed by atoms with van der Waals surface area (Å²) in [4.78, 5) is 0. The third kappa shape index (κ3) is 2.44. The zero-order valence-electron chi connectivity index (χ0n) is 17.3. The summed E-state index contributed by atoms with van der Waals surface area (Å²) < 4.78 is 6.43. The number of hydrogen-bond acceptors (Lipinski definition) is 1. The smallest absolute Gasteiger partial charge is 0.119 e. The van der Waals surface area contributed by atoms with Gasteiger partial charge in [-0.05, 0) is 57.5 Å². The van der Waals surface area contributed by atoms with Gasteiger partial charge in [0.05, 0.1) is 0 Å². The van der Waals surface area contributed by atoms with Gasteiger partial charge in [0.2, 0.25) is 0 Å². The van der Waals surface area contributed by atoms with E-state index in [-0.39, 0.29) is 0 Å². The van der Waals surface area contributed by atoms with Crippen LogP contribution in [0.5, 0.6) is 0 Å². The van der Waals surface area contributed by atoms with E-state index >= 15 is 0 Å². The van der Waals surface area contributed by atoms with Gasteiger partial charge < -0.3 is 4.74 Å². The van der Waals surface area contributed by atoms with E-state index in [1.54, 1.807) is 0 Å². The van der Waals surface area contributed by atoms with Crippen LogP contribution in [-0.2, 0) is 10.3 Å². The van der Waals surface area contributed by atoms with Gasteiger partial charge >= 0.3 is 0 Å². The van der Waals surface area contributed by atoms with Crippen LogP contribution in [0.4, 0.5) is 0 Å². The quantitative estimate of drug-likeness (QED) is 0.357. The molecular weight excluding hydrogens is 352 g/mol. The minimum absolute atomic E-state index is 0.405. The SMILES string of the molecule is CCCC1(OC)c2ccccc2-c2c(-c3ccccc3)c(C)c3ccccc3c21. The lowest BCUT2D eigenvalue weighted by Gasteiger charge is -2.32. The molecule has 1 heteroatoms. The molecular formula is C28H26O. The van der Waals surface area contributed by atoms with Crippen molar-refractivity contribution in [2.24, 2.45) is 0 Å². The summed E-state index contributed by atoms with van der Waals surface area (Å²) in [5, 5.41) is 2.63. The highest BCUT2D eigenvalue weighted by Crippen LogP contribution is 2.57. The molecule has 4 aromatic carbocycles. The predicted molar refractivity (Wildman–Crippen MR) is 122 cm³/mol. The highest BCUT2D eigenvalue weighted by atomic mass is 16.5. The summed E-state index contributed by atoms with van der Waals surface area (Å²) in [6.45, 7) is 4.51. The topological polar surface area (TPSA) is 9.23 Å². The molecule has 1 atom stereocenters. The van der Waals surface area contributed by atoms with E-state index in [1.807, 2.05) is 7.11 Å². The van der Waals surface area contributed by atoms with Crippen molar-refractivity contribution in [1.82, 2.24) is 0 Å². The number of ether oxygens (including phenoxy) is 1. The maximum Gasteiger partial charge on any atom is 0.119 e. The van der Waals surface area contributed by atoms with Crippen molar-refractivity contribution in [2.45, 2.75) is 32.3 Å². The molecule has 144 valence electrons. The van der Waals surface area contributed by atoms with E-state index in [4.69, 9.17) is 4.74 Å². The van der Waals surface area contributed by atoms with Crippen LogP contribution in [0.2, 0.25) is 0 Å². The van der Waals surface area contributed by atoms with Crippen molar-refractivity contribution in [3.63, 3.8) is 0 Å². The van der Waals surface area contributed by atoms with Crippen molar-refractivity contribution >= 4 is 10.8 Å². The molecule has 4 aromatic rings. The van der Waals surface area contributed by atoms with E-state index in [1.165, 1.54) is 49.7 Å². The van der Waals surface area contributed by atoms with E-state index in [0.717, 1.165) is 12.8 Å². The van der Waals surface area contributed by atoms with E-state index in [2.05, 4.69) is 92.7 Å². The van der Waals surface area contributed by atoms with Crippen molar-refractivity contribution < 1.29 is 4.74 Å². The number of rotatable bonds is 4. The molecule has 0 aromatic heterocycles. The van der Waals surface area contributed by atoms with Crippen LogP contribution in [0, 0.1) is 6.92 Å². The van der Waals surface area contributed by atoms with Crippen molar-refractivity contribution in [3.05, 3.63) is 95.6 Å². The molecule has 0 N–H and O–H groups in total. The fourth-order valence-corrected chi connectivity index (χ4v) is 5.38. The third-order valence-corrected chi connectivity index (χ3v) is 6.52. The lowest BCUT2D eigenvalue weighted by molar-refractivity contribution is 0.0189. The molecule has 1 nitrogen and oxygen atoms in total. The van der Waals surface area contributed by atoms with Crippen LogP contribution in [-0.4, -0.2) is 7.11 Å². The first kappa shape index (κ1) is 18.1. The zero-order valence-corrected chi connectivity index (χ0v) is 17.3. The Labute approximate surface area is 173 Å². The van der Waals surface area contributed by atoms with Crippen LogP contribution in [0.15, 0.2) is 78.9 Å². The van der Waals surface area contributed by atoms with Crippen molar-refractivity contribution in [3.8, 4) is 22.3 Å². The standard InChI is InChI=1S/C28H26O/c1-4-18-28(29-3)24-17-11-10-16-23(24)26-25(20-12-6-5-7-13-20)19(2)21-14-8-9-15-22(21)27(26)28/h5-17H,4,18H2,1-3H3. The molecule has 0 amide bonds. The fourth-order valence-electron chi connectivity index (χ4n) is 5.38. The maximum absolute atomic E-state index is 6.43. The monoisotopic (exact) mass is 378 g/mol. The lowest BCUT2D eigenvalue weighted by Crippen LogP contribution is -2.27. The van der Waals surface area contributed by atoms with Gasteiger partial charge in [0.15, 0.2) is 0 Å². The van der Waals surface area contributed by atoms with Gasteiger partial charge in [-0.25, -0.2) is 0 Å². The summed E-state index contributed by atoms with van der Waals surface area (Å²) >= 11 is 0. The molecule has 1 aliphatic carbocycles. The van der Waals surface area contributed by atoms with Gasteiger partial charge in [-0.15, -0.1) is 0 Å². The van der Waals surface area contributed by atoms with Crippen molar-refractivity contribution in [2.75, 3.05) is 7.11 Å². The molecule has 0 radical (unpaired) electrons. The Morgan fingerprint density at radius 3 is 2.14 bits per heavy atom. The summed E-state index contributed by atoms with van der Waals surface area (Å²) in [6.07, 6.45) is 2.03. The van der Waals surface area contributed by atoms with Crippen LogP contribution in [0.1, 0.15) is 36.5 Å². The summed E-state index contributed by atoms with van der Waals surface area (Å²) in [7, 11) is 1.87. The Bertz CT molecular complexity index is 1210. The third-order valence-electron chi connectivity index (χ3n) is 6.52. The molecule has 0 heterocycles. The van der Waals surface area contributed by atoms with Gasteiger partial charge in [0.25, 0.3) is 0 Å². The van der Waals surface area contributed by atoms with Crippen LogP contribution in [0.3, 0.4) is 0 Å². The molecule has 5 rings (SSSR count). The maximum atomic E-state index is 6.43. The van der Waals surface area contributed by atoms with E-state index in [0.29, 0.717) is 0 Å². The van der Waals surface area contributed by atoms with E-state index in [9.17, 15) is 0 Å². The Kier molecular flexibility index (Phi) is 4.29. The second kappa shape index (κ2) is 6.86. The molecule has 0 fully saturated rings. The van der Waals surface area contributed by atoms with Crippen LogP contribution in [0.25, 0.3) is 33.0 Å². The van der Waals surface area contributed by atoms with Gasteiger partial charge in [-0.3, -0.25) is 0 Å². The lowest BCUT2D eigenvalue weighted by atomic mass is 9.81. The summed E-state index contributed by atoms with van der Waals surface area (Å²) in [6, 6.07) is 28.5. The average Bonchev–Trinajstić information content (AvgIpc) is 3.06. The minimum atomic E-state index is -0.405. The molecule has 0 bridgehead atoms. The second-order valence-electron chi connectivity index (χ2n) is 7.99. The zero-order chi connectivity index (χ0) is 20.0. The Morgan fingerprint density at radius 1 is 0.759 bits per heavy atom. The second-order valence-corrected chi connectivity index (χ2v) is 7.99. The van der Waals surface area contributed by atoms with E-state index < -0.39 is 5.60 Å². The summed E-state index contributed by atoms with van der Waals surface area (Å²) in [5.74, 6) is 0.